The van der Waals surface area contributed by atoms with Gasteiger partial charge < -0.3 is 5.32 Å². The third-order valence-corrected chi connectivity index (χ3v) is 1.99. The molecule has 0 heterocycles. The minimum Gasteiger partial charge on any atom is -0.351 e. The first kappa shape index (κ1) is 10.8. The van der Waals surface area contributed by atoms with E-state index in [1.165, 1.54) is 0 Å². The van der Waals surface area contributed by atoms with Crippen LogP contribution in [0.25, 0.3) is 0 Å². The van der Waals surface area contributed by atoms with Crippen LogP contribution in [0.1, 0.15) is 5.56 Å². The van der Waals surface area contributed by atoms with Crippen molar-refractivity contribution in [1.82, 2.24) is 10.7 Å². The lowest BCUT2D eigenvalue weighted by Crippen LogP contribution is -2.40. The maximum absolute atomic E-state index is 5.75. The van der Waals surface area contributed by atoms with Crippen LogP contribution in [0.3, 0.4) is 0 Å². The van der Waals surface area contributed by atoms with Gasteiger partial charge in [0.1, 0.15) is 0 Å². The van der Waals surface area contributed by atoms with E-state index >= 15 is 0 Å². The largest absolute Gasteiger partial charge is 0.351 e. The monoisotopic (exact) mass is 212 g/mol. The summed E-state index contributed by atoms with van der Waals surface area (Å²) in [6, 6.07) is 7.58. The molecule has 0 aromatic heterocycles. The van der Waals surface area contributed by atoms with Crippen molar-refractivity contribution in [3.63, 3.8) is 0 Å². The lowest BCUT2D eigenvalue weighted by Gasteiger charge is -2.07. The number of hydrazine groups is 1. The molecule has 0 amide bonds. The highest BCUT2D eigenvalue weighted by Gasteiger charge is 1.95. The Bertz CT molecular complexity index is 307. The molecule has 0 radical (unpaired) electrons. The summed E-state index contributed by atoms with van der Waals surface area (Å²) in [5, 5.41) is 3.76. The normalized spacial score (nSPS) is 11.2. The smallest absolute Gasteiger partial charge is 0.205 e. The molecule has 0 spiro atoms. The van der Waals surface area contributed by atoms with Crippen molar-refractivity contribution in [3.05, 3.63) is 34.9 Å². The molecule has 0 aliphatic carbocycles. The minimum absolute atomic E-state index is 0.556. The van der Waals surface area contributed by atoms with E-state index in [2.05, 4.69) is 15.7 Å². The van der Waals surface area contributed by atoms with Crippen molar-refractivity contribution in [2.75, 3.05) is 7.05 Å². The molecule has 0 saturated carbocycles. The molecule has 1 aromatic rings. The Hall–Kier alpha value is -1.26. The number of nitrogens with zero attached hydrogens (tertiary/aromatic N) is 1. The van der Waals surface area contributed by atoms with Crippen LogP contribution in [0.15, 0.2) is 29.3 Å². The lowest BCUT2D eigenvalue weighted by atomic mass is 10.2. The van der Waals surface area contributed by atoms with E-state index in [0.717, 1.165) is 10.6 Å². The number of rotatable bonds is 2. The molecule has 1 aromatic carbocycles. The summed E-state index contributed by atoms with van der Waals surface area (Å²) in [6.07, 6.45) is 0. The fourth-order valence-corrected chi connectivity index (χ4v) is 1.11. The maximum atomic E-state index is 5.75. The Balaban J connectivity index is 2.49. The number of benzene rings is 1. The molecule has 0 atom stereocenters. The van der Waals surface area contributed by atoms with Crippen LogP contribution in [0.2, 0.25) is 5.02 Å². The van der Waals surface area contributed by atoms with Crippen LogP contribution in [0, 0.1) is 0 Å². The first-order chi connectivity index (χ1) is 6.76. The first-order valence-electron chi connectivity index (χ1n) is 4.18. The number of hydrogen-bond acceptors (Lipinski definition) is 2. The van der Waals surface area contributed by atoms with Crippen LogP contribution in [0.4, 0.5) is 0 Å². The van der Waals surface area contributed by atoms with Crippen molar-refractivity contribution >= 4 is 17.6 Å². The predicted octanol–water partition coefficient (Wildman–Crippen LogP) is 0.879. The van der Waals surface area contributed by atoms with E-state index in [1.54, 1.807) is 7.05 Å². The Labute approximate surface area is 88.1 Å². The summed E-state index contributed by atoms with van der Waals surface area (Å²) in [4.78, 5) is 3.88. The van der Waals surface area contributed by atoms with Gasteiger partial charge >= 0.3 is 0 Å². The van der Waals surface area contributed by atoms with Gasteiger partial charge in [-0.1, -0.05) is 23.7 Å². The molecule has 14 heavy (non-hydrogen) atoms. The number of hydrogen-bond donors (Lipinski definition) is 3. The van der Waals surface area contributed by atoms with Crippen LogP contribution >= 0.6 is 11.6 Å². The van der Waals surface area contributed by atoms with E-state index in [0.29, 0.717) is 12.5 Å². The molecule has 0 saturated heterocycles. The first-order valence-corrected chi connectivity index (χ1v) is 4.55. The fourth-order valence-electron chi connectivity index (χ4n) is 0.983. The summed E-state index contributed by atoms with van der Waals surface area (Å²) in [5.41, 5.74) is 3.56. The number of aliphatic imine (C=N–C) groups is 1. The summed E-state index contributed by atoms with van der Waals surface area (Å²) >= 11 is 5.75. The van der Waals surface area contributed by atoms with Crippen LogP contribution in [-0.4, -0.2) is 13.0 Å². The topological polar surface area (TPSA) is 62.4 Å². The minimum atomic E-state index is 0.556. The molecule has 4 nitrogen and oxygen atoms in total. The second-order valence-corrected chi connectivity index (χ2v) is 3.13. The maximum Gasteiger partial charge on any atom is 0.205 e. The van der Waals surface area contributed by atoms with Gasteiger partial charge in [-0.25, -0.2) is 5.84 Å². The third kappa shape index (κ3) is 3.24. The summed E-state index contributed by atoms with van der Waals surface area (Å²) in [7, 11) is 1.66. The van der Waals surface area contributed by atoms with Gasteiger partial charge in [0.25, 0.3) is 0 Å². The SMILES string of the molecule is CN=C(NN)NCc1ccc(Cl)cc1. The third-order valence-electron chi connectivity index (χ3n) is 1.73. The standard InChI is InChI=1S/C9H13ClN4/c1-12-9(14-11)13-6-7-2-4-8(10)5-3-7/h2-5H,6,11H2,1H3,(H2,12,13,14). The van der Waals surface area contributed by atoms with E-state index in [1.807, 2.05) is 24.3 Å². The molecule has 0 unspecified atom stereocenters. The van der Waals surface area contributed by atoms with E-state index < -0.39 is 0 Å². The fraction of sp³-hybridized carbons (Fsp3) is 0.222. The van der Waals surface area contributed by atoms with E-state index in [-0.39, 0.29) is 0 Å². The average Bonchev–Trinajstić information content (AvgIpc) is 2.22. The summed E-state index contributed by atoms with van der Waals surface area (Å²) in [6.45, 7) is 0.661. The van der Waals surface area contributed by atoms with Crippen molar-refractivity contribution in [2.45, 2.75) is 6.54 Å². The Morgan fingerprint density at radius 1 is 1.43 bits per heavy atom. The Morgan fingerprint density at radius 3 is 2.57 bits per heavy atom. The molecule has 0 bridgehead atoms. The second-order valence-electron chi connectivity index (χ2n) is 2.70. The van der Waals surface area contributed by atoms with Gasteiger partial charge in [-0.15, -0.1) is 0 Å². The molecule has 4 N–H and O–H groups in total. The molecule has 76 valence electrons. The van der Waals surface area contributed by atoms with Crippen molar-refractivity contribution in [3.8, 4) is 0 Å². The highest BCUT2D eigenvalue weighted by Crippen LogP contribution is 2.08. The van der Waals surface area contributed by atoms with E-state index in [4.69, 9.17) is 17.4 Å². The van der Waals surface area contributed by atoms with Crippen LogP contribution in [0.5, 0.6) is 0 Å². The van der Waals surface area contributed by atoms with Crippen molar-refractivity contribution in [2.24, 2.45) is 10.8 Å². The zero-order valence-corrected chi connectivity index (χ0v) is 8.67. The van der Waals surface area contributed by atoms with Gasteiger partial charge in [0.05, 0.1) is 0 Å². The number of halogens is 1. The van der Waals surface area contributed by atoms with Crippen molar-refractivity contribution < 1.29 is 0 Å². The van der Waals surface area contributed by atoms with Gasteiger partial charge in [-0.2, -0.15) is 0 Å². The molecule has 0 aliphatic heterocycles. The van der Waals surface area contributed by atoms with Gasteiger partial charge in [0, 0.05) is 18.6 Å². The molecule has 0 aliphatic rings. The molecular weight excluding hydrogens is 200 g/mol. The second kappa shape index (κ2) is 5.47. The average molecular weight is 213 g/mol. The quantitative estimate of drug-likeness (QED) is 0.295. The Morgan fingerprint density at radius 2 is 2.07 bits per heavy atom. The van der Waals surface area contributed by atoms with Crippen LogP contribution < -0.4 is 16.6 Å². The van der Waals surface area contributed by atoms with Crippen molar-refractivity contribution in [1.29, 1.82) is 0 Å². The number of nitrogens with two attached hydrogens (primary N) is 1. The molecule has 0 fully saturated rings. The zero-order chi connectivity index (χ0) is 10.4. The number of guanidine groups is 1. The van der Waals surface area contributed by atoms with Gasteiger partial charge in [-0.3, -0.25) is 10.4 Å². The van der Waals surface area contributed by atoms with Gasteiger partial charge in [-0.05, 0) is 17.7 Å². The lowest BCUT2D eigenvalue weighted by molar-refractivity contribution is 0.840. The molecular formula is C9H13ClN4. The number of nitrogens with one attached hydrogen (secondary N) is 2. The van der Waals surface area contributed by atoms with Gasteiger partial charge in [0.2, 0.25) is 5.96 Å². The summed E-state index contributed by atoms with van der Waals surface area (Å²) < 4.78 is 0. The van der Waals surface area contributed by atoms with Crippen LogP contribution in [-0.2, 0) is 6.54 Å². The summed E-state index contributed by atoms with van der Waals surface area (Å²) in [5.74, 6) is 5.76. The predicted molar refractivity (Wildman–Crippen MR) is 59.0 cm³/mol. The highest BCUT2D eigenvalue weighted by molar-refractivity contribution is 6.30. The Kier molecular flexibility index (Phi) is 4.22. The molecule has 5 heteroatoms. The molecule has 1 rings (SSSR count). The van der Waals surface area contributed by atoms with Gasteiger partial charge in [0.15, 0.2) is 0 Å². The van der Waals surface area contributed by atoms with E-state index in [9.17, 15) is 0 Å². The zero-order valence-electron chi connectivity index (χ0n) is 7.92. The highest BCUT2D eigenvalue weighted by atomic mass is 35.5.